The van der Waals surface area contributed by atoms with Crippen molar-refractivity contribution in [3.05, 3.63) is 48.0 Å². The van der Waals surface area contributed by atoms with Crippen LogP contribution in [0.2, 0.25) is 0 Å². The number of ether oxygens (including phenoxy) is 1. The molecule has 4 heteroatoms. The zero-order valence-electron chi connectivity index (χ0n) is 12.3. The number of para-hydroxylation sites is 1. The second-order valence-corrected chi connectivity index (χ2v) is 5.52. The van der Waals surface area contributed by atoms with Gasteiger partial charge in [0.1, 0.15) is 11.6 Å². The normalized spacial score (nSPS) is 19.1. The number of fused-ring (bicyclic) bond motifs is 1. The Morgan fingerprint density at radius 1 is 1.30 bits per heavy atom. The van der Waals surface area contributed by atoms with E-state index in [1.165, 1.54) is 5.56 Å². The van der Waals surface area contributed by atoms with E-state index in [-0.39, 0.29) is 0 Å². The molecule has 0 amide bonds. The lowest BCUT2D eigenvalue weighted by atomic mass is 10.0. The van der Waals surface area contributed by atoms with E-state index in [2.05, 4.69) is 46.6 Å². The molecule has 0 unspecified atom stereocenters. The Balaban J connectivity index is 2.02. The van der Waals surface area contributed by atoms with E-state index in [0.717, 1.165) is 24.7 Å². The van der Waals surface area contributed by atoms with E-state index < -0.39 is 0 Å². The summed E-state index contributed by atoms with van der Waals surface area (Å²) < 4.78 is 7.79. The maximum Gasteiger partial charge on any atom is 0.123 e. The third-order valence-corrected chi connectivity index (χ3v) is 4.06. The van der Waals surface area contributed by atoms with Gasteiger partial charge in [0.25, 0.3) is 0 Å². The summed E-state index contributed by atoms with van der Waals surface area (Å²) in [5.41, 5.74) is 1.25. The number of nitrogens with zero attached hydrogens (tertiary/aromatic N) is 3. The van der Waals surface area contributed by atoms with Crippen LogP contribution >= 0.6 is 0 Å². The Hall–Kier alpha value is -1.81. The Labute approximate surface area is 120 Å². The van der Waals surface area contributed by atoms with Crippen molar-refractivity contribution < 1.29 is 4.74 Å². The predicted octanol–water partition coefficient (Wildman–Crippen LogP) is 2.86. The van der Waals surface area contributed by atoms with Crippen LogP contribution < -0.4 is 4.74 Å². The van der Waals surface area contributed by atoms with Gasteiger partial charge in [-0.1, -0.05) is 18.2 Å². The van der Waals surface area contributed by atoms with Crippen LogP contribution in [0.5, 0.6) is 5.75 Å². The van der Waals surface area contributed by atoms with E-state index in [1.807, 2.05) is 18.3 Å². The molecule has 0 spiro atoms. The lowest BCUT2D eigenvalue weighted by Gasteiger charge is -2.39. The molecule has 0 aliphatic carbocycles. The highest BCUT2D eigenvalue weighted by Crippen LogP contribution is 2.35. The number of hydrogen-bond acceptors (Lipinski definition) is 3. The van der Waals surface area contributed by atoms with Crippen molar-refractivity contribution in [2.24, 2.45) is 0 Å². The topological polar surface area (TPSA) is 30.3 Å². The van der Waals surface area contributed by atoms with Crippen LogP contribution in [0.1, 0.15) is 31.3 Å². The van der Waals surface area contributed by atoms with Crippen LogP contribution in [-0.4, -0.2) is 27.6 Å². The van der Waals surface area contributed by atoms with Gasteiger partial charge in [0.05, 0.1) is 19.7 Å². The van der Waals surface area contributed by atoms with Gasteiger partial charge in [-0.2, -0.15) is 0 Å². The number of imidazole rings is 1. The molecule has 2 aromatic rings. The molecule has 0 fully saturated rings. The van der Waals surface area contributed by atoms with Gasteiger partial charge >= 0.3 is 0 Å². The minimum Gasteiger partial charge on any atom is -0.496 e. The molecule has 1 aliphatic rings. The SMILES string of the molecule is COc1ccccc1[C@@H]1Cn2ccnc2CN1C(C)C. The molecule has 0 radical (unpaired) electrons. The molecule has 0 bridgehead atoms. The number of benzene rings is 1. The second kappa shape index (κ2) is 5.29. The molecule has 1 aliphatic heterocycles. The van der Waals surface area contributed by atoms with Gasteiger partial charge < -0.3 is 9.30 Å². The van der Waals surface area contributed by atoms with Gasteiger partial charge in [0.15, 0.2) is 0 Å². The van der Waals surface area contributed by atoms with Crippen LogP contribution in [0.25, 0.3) is 0 Å². The summed E-state index contributed by atoms with van der Waals surface area (Å²) in [5, 5.41) is 0. The van der Waals surface area contributed by atoms with E-state index in [9.17, 15) is 0 Å². The van der Waals surface area contributed by atoms with Crippen molar-refractivity contribution in [3.8, 4) is 5.75 Å². The third kappa shape index (κ3) is 2.20. The molecule has 106 valence electrons. The van der Waals surface area contributed by atoms with Gasteiger partial charge in [-0.05, 0) is 19.9 Å². The first-order valence-corrected chi connectivity index (χ1v) is 7.09. The zero-order chi connectivity index (χ0) is 14.1. The fourth-order valence-electron chi connectivity index (χ4n) is 2.98. The molecular formula is C16H21N3O. The highest BCUT2D eigenvalue weighted by Gasteiger charge is 2.31. The van der Waals surface area contributed by atoms with E-state index in [0.29, 0.717) is 12.1 Å². The first-order valence-electron chi connectivity index (χ1n) is 7.09. The molecule has 2 heterocycles. The van der Waals surface area contributed by atoms with Crippen LogP contribution in [0.4, 0.5) is 0 Å². The Morgan fingerprint density at radius 2 is 2.10 bits per heavy atom. The first-order chi connectivity index (χ1) is 9.70. The summed E-state index contributed by atoms with van der Waals surface area (Å²) in [4.78, 5) is 6.94. The smallest absolute Gasteiger partial charge is 0.123 e. The maximum absolute atomic E-state index is 5.54. The van der Waals surface area contributed by atoms with Crippen molar-refractivity contribution in [1.29, 1.82) is 0 Å². The number of aromatic nitrogens is 2. The minimum atomic E-state index is 0.327. The summed E-state index contributed by atoms with van der Waals surface area (Å²) in [6, 6.07) is 9.11. The van der Waals surface area contributed by atoms with Crippen molar-refractivity contribution in [2.75, 3.05) is 7.11 Å². The molecular weight excluding hydrogens is 250 g/mol. The van der Waals surface area contributed by atoms with Gasteiger partial charge in [0, 0.05) is 30.5 Å². The fraction of sp³-hybridized carbons (Fsp3) is 0.438. The highest BCUT2D eigenvalue weighted by atomic mass is 16.5. The molecule has 1 aromatic carbocycles. The summed E-state index contributed by atoms with van der Waals surface area (Å²) in [6.45, 7) is 6.28. The van der Waals surface area contributed by atoms with Gasteiger partial charge in [-0.15, -0.1) is 0 Å². The maximum atomic E-state index is 5.54. The van der Waals surface area contributed by atoms with Crippen LogP contribution in [-0.2, 0) is 13.1 Å². The number of hydrogen-bond donors (Lipinski definition) is 0. The molecule has 4 nitrogen and oxygen atoms in total. The summed E-state index contributed by atoms with van der Waals surface area (Å²) >= 11 is 0. The van der Waals surface area contributed by atoms with Gasteiger partial charge in [-0.3, -0.25) is 4.90 Å². The molecule has 20 heavy (non-hydrogen) atoms. The van der Waals surface area contributed by atoms with Crippen LogP contribution in [0.15, 0.2) is 36.7 Å². The average molecular weight is 271 g/mol. The Kier molecular flexibility index (Phi) is 3.49. The standard InChI is InChI=1S/C16H21N3O/c1-12(2)19-11-16-17-8-9-18(16)10-14(19)13-6-4-5-7-15(13)20-3/h4-9,12,14H,10-11H2,1-3H3/t14-/m0/s1. The molecule has 0 saturated heterocycles. The summed E-state index contributed by atoms with van der Waals surface area (Å²) in [7, 11) is 1.74. The highest BCUT2D eigenvalue weighted by molar-refractivity contribution is 5.36. The monoisotopic (exact) mass is 271 g/mol. The summed E-state index contributed by atoms with van der Waals surface area (Å²) in [5.74, 6) is 2.11. The second-order valence-electron chi connectivity index (χ2n) is 5.52. The lowest BCUT2D eigenvalue weighted by Crippen LogP contribution is -2.41. The quantitative estimate of drug-likeness (QED) is 0.860. The third-order valence-electron chi connectivity index (χ3n) is 4.06. The summed E-state index contributed by atoms with van der Waals surface area (Å²) in [6.07, 6.45) is 3.95. The van der Waals surface area contributed by atoms with Crippen LogP contribution in [0, 0.1) is 0 Å². The minimum absolute atomic E-state index is 0.327. The molecule has 0 N–H and O–H groups in total. The van der Waals surface area contributed by atoms with Gasteiger partial charge in [0.2, 0.25) is 0 Å². The van der Waals surface area contributed by atoms with Crippen molar-refractivity contribution in [1.82, 2.24) is 14.5 Å². The van der Waals surface area contributed by atoms with Crippen LogP contribution in [0.3, 0.4) is 0 Å². The first kappa shape index (κ1) is 13.2. The number of methoxy groups -OCH3 is 1. The molecule has 1 aromatic heterocycles. The molecule has 0 saturated carbocycles. The van der Waals surface area contributed by atoms with Crippen molar-refractivity contribution >= 4 is 0 Å². The molecule has 3 rings (SSSR count). The van der Waals surface area contributed by atoms with Gasteiger partial charge in [-0.25, -0.2) is 4.98 Å². The fourth-order valence-corrected chi connectivity index (χ4v) is 2.98. The molecule has 1 atom stereocenters. The van der Waals surface area contributed by atoms with E-state index in [4.69, 9.17) is 4.74 Å². The Morgan fingerprint density at radius 3 is 2.85 bits per heavy atom. The average Bonchev–Trinajstić information content (AvgIpc) is 2.93. The number of rotatable bonds is 3. The Bertz CT molecular complexity index is 591. The van der Waals surface area contributed by atoms with E-state index >= 15 is 0 Å². The lowest BCUT2D eigenvalue weighted by molar-refractivity contribution is 0.0984. The zero-order valence-corrected chi connectivity index (χ0v) is 12.3. The van der Waals surface area contributed by atoms with E-state index in [1.54, 1.807) is 7.11 Å². The van der Waals surface area contributed by atoms with Crippen molar-refractivity contribution in [3.63, 3.8) is 0 Å². The predicted molar refractivity (Wildman–Crippen MR) is 78.6 cm³/mol. The largest absolute Gasteiger partial charge is 0.496 e. The van der Waals surface area contributed by atoms with Crippen molar-refractivity contribution in [2.45, 2.75) is 39.0 Å².